The number of carbonyl (C=O) groups is 1. The molecule has 0 unspecified atom stereocenters. The Balaban J connectivity index is 2.21. The summed E-state index contributed by atoms with van der Waals surface area (Å²) < 4.78 is 5.04. The summed E-state index contributed by atoms with van der Waals surface area (Å²) in [7, 11) is 1.80. The monoisotopic (exact) mass is 326 g/mol. The molecule has 0 aromatic rings. The molecule has 134 valence electrons. The molecule has 0 bridgehead atoms. The van der Waals surface area contributed by atoms with Crippen LogP contribution >= 0.6 is 0 Å². The lowest BCUT2D eigenvalue weighted by Gasteiger charge is -2.32. The van der Waals surface area contributed by atoms with Crippen molar-refractivity contribution in [1.29, 1.82) is 0 Å². The van der Waals surface area contributed by atoms with E-state index in [0.29, 0.717) is 12.6 Å². The predicted octanol–water partition coefficient (Wildman–Crippen LogP) is 2.60. The molecule has 1 saturated heterocycles. The number of nitrogens with one attached hydrogen (secondary N) is 2. The van der Waals surface area contributed by atoms with Crippen LogP contribution < -0.4 is 10.6 Å². The van der Waals surface area contributed by atoms with Gasteiger partial charge in [-0.3, -0.25) is 4.99 Å². The quantitative estimate of drug-likeness (QED) is 0.429. The summed E-state index contributed by atoms with van der Waals surface area (Å²) in [6.07, 6.45) is 5.35. The minimum Gasteiger partial charge on any atom is -0.450 e. The number of piperidine rings is 1. The molecule has 1 heterocycles. The Kier molecular flexibility index (Phi) is 9.48. The van der Waals surface area contributed by atoms with Crippen molar-refractivity contribution < 1.29 is 9.53 Å². The molecule has 1 amide bonds. The van der Waals surface area contributed by atoms with Gasteiger partial charge in [-0.2, -0.15) is 0 Å². The van der Waals surface area contributed by atoms with Crippen molar-refractivity contribution in [3.05, 3.63) is 0 Å². The van der Waals surface area contributed by atoms with Crippen molar-refractivity contribution in [1.82, 2.24) is 15.5 Å². The SMILES string of the molecule is CCOC(=O)N1CCC(NC(=NC)NCCCCC(C)C)CC1. The van der Waals surface area contributed by atoms with E-state index in [9.17, 15) is 4.79 Å². The molecular weight excluding hydrogens is 292 g/mol. The van der Waals surface area contributed by atoms with Gasteiger partial charge in [0.2, 0.25) is 0 Å². The average molecular weight is 326 g/mol. The van der Waals surface area contributed by atoms with Crippen LogP contribution in [0, 0.1) is 5.92 Å². The van der Waals surface area contributed by atoms with Gasteiger partial charge < -0.3 is 20.3 Å². The number of unbranched alkanes of at least 4 members (excludes halogenated alkanes) is 1. The molecule has 1 fully saturated rings. The number of hydrogen-bond donors (Lipinski definition) is 2. The lowest BCUT2D eigenvalue weighted by atomic mass is 10.1. The molecule has 1 rings (SSSR count). The third-order valence-corrected chi connectivity index (χ3v) is 4.09. The largest absolute Gasteiger partial charge is 0.450 e. The van der Waals surface area contributed by atoms with E-state index in [1.54, 1.807) is 11.9 Å². The van der Waals surface area contributed by atoms with Crippen LogP contribution in [0.5, 0.6) is 0 Å². The summed E-state index contributed by atoms with van der Waals surface area (Å²) in [6, 6.07) is 0.363. The first-order chi connectivity index (χ1) is 11.1. The Morgan fingerprint density at radius 1 is 1.30 bits per heavy atom. The second kappa shape index (κ2) is 11.1. The summed E-state index contributed by atoms with van der Waals surface area (Å²) in [5, 5.41) is 6.84. The van der Waals surface area contributed by atoms with Gasteiger partial charge in [-0.1, -0.05) is 26.7 Å². The molecule has 0 spiro atoms. The maximum absolute atomic E-state index is 11.7. The Morgan fingerprint density at radius 2 is 2.00 bits per heavy atom. The number of likely N-dealkylation sites (tertiary alicyclic amines) is 1. The molecule has 1 aliphatic heterocycles. The third-order valence-electron chi connectivity index (χ3n) is 4.09. The summed E-state index contributed by atoms with van der Waals surface area (Å²) >= 11 is 0. The minimum absolute atomic E-state index is 0.196. The fraction of sp³-hybridized carbons (Fsp3) is 0.882. The lowest BCUT2D eigenvalue weighted by Crippen LogP contribution is -2.50. The number of ether oxygens (including phenoxy) is 1. The normalized spacial score (nSPS) is 16.6. The van der Waals surface area contributed by atoms with Crippen molar-refractivity contribution >= 4 is 12.1 Å². The summed E-state index contributed by atoms with van der Waals surface area (Å²) in [6.45, 7) is 9.22. The van der Waals surface area contributed by atoms with Crippen molar-refractivity contribution in [2.24, 2.45) is 10.9 Å². The van der Waals surface area contributed by atoms with Gasteiger partial charge in [-0.25, -0.2) is 4.79 Å². The number of rotatable bonds is 7. The highest BCUT2D eigenvalue weighted by molar-refractivity contribution is 5.80. The zero-order valence-corrected chi connectivity index (χ0v) is 15.2. The molecule has 1 aliphatic rings. The smallest absolute Gasteiger partial charge is 0.409 e. The minimum atomic E-state index is -0.196. The van der Waals surface area contributed by atoms with Gasteiger partial charge in [-0.15, -0.1) is 0 Å². The Morgan fingerprint density at radius 3 is 2.57 bits per heavy atom. The van der Waals surface area contributed by atoms with Gasteiger partial charge in [0.25, 0.3) is 0 Å². The topological polar surface area (TPSA) is 66.0 Å². The van der Waals surface area contributed by atoms with Gasteiger partial charge in [0.05, 0.1) is 6.61 Å². The molecule has 0 saturated carbocycles. The maximum Gasteiger partial charge on any atom is 0.409 e. The molecule has 6 nitrogen and oxygen atoms in total. The second-order valence-electron chi connectivity index (χ2n) is 6.49. The number of guanidine groups is 1. The molecule has 0 aliphatic carbocycles. The first kappa shape index (κ1) is 19.6. The van der Waals surface area contributed by atoms with Crippen molar-refractivity contribution in [2.45, 2.75) is 58.9 Å². The zero-order chi connectivity index (χ0) is 17.1. The molecule has 0 aromatic heterocycles. The van der Waals surface area contributed by atoms with E-state index in [1.165, 1.54) is 19.3 Å². The molecule has 6 heteroatoms. The van der Waals surface area contributed by atoms with Crippen molar-refractivity contribution in [3.8, 4) is 0 Å². The van der Waals surface area contributed by atoms with Crippen LogP contribution in [0.25, 0.3) is 0 Å². The van der Waals surface area contributed by atoms with Crippen LogP contribution in [0.1, 0.15) is 52.9 Å². The van der Waals surface area contributed by atoms with E-state index in [0.717, 1.165) is 44.4 Å². The van der Waals surface area contributed by atoms with Gasteiger partial charge in [0.1, 0.15) is 0 Å². The molecular formula is C17H34N4O2. The molecule has 23 heavy (non-hydrogen) atoms. The van der Waals surface area contributed by atoms with E-state index in [1.807, 2.05) is 6.92 Å². The fourth-order valence-electron chi connectivity index (χ4n) is 2.69. The molecule has 0 radical (unpaired) electrons. The van der Waals surface area contributed by atoms with Crippen molar-refractivity contribution in [3.63, 3.8) is 0 Å². The fourth-order valence-corrected chi connectivity index (χ4v) is 2.69. The summed E-state index contributed by atoms with van der Waals surface area (Å²) in [5.74, 6) is 1.64. The summed E-state index contributed by atoms with van der Waals surface area (Å²) in [4.78, 5) is 17.8. The maximum atomic E-state index is 11.7. The third kappa shape index (κ3) is 8.09. The van der Waals surface area contributed by atoms with Crippen LogP contribution in [-0.2, 0) is 4.74 Å². The zero-order valence-electron chi connectivity index (χ0n) is 15.2. The van der Waals surface area contributed by atoms with Gasteiger partial charge in [0.15, 0.2) is 5.96 Å². The van der Waals surface area contributed by atoms with Crippen LogP contribution in [-0.4, -0.2) is 56.3 Å². The van der Waals surface area contributed by atoms with Gasteiger partial charge >= 0.3 is 6.09 Å². The Labute approximate surface area is 141 Å². The first-order valence-corrected chi connectivity index (χ1v) is 8.95. The predicted molar refractivity (Wildman–Crippen MR) is 94.8 cm³/mol. The average Bonchev–Trinajstić information content (AvgIpc) is 2.54. The van der Waals surface area contributed by atoms with E-state index in [2.05, 4.69) is 29.5 Å². The van der Waals surface area contributed by atoms with Crippen LogP contribution in [0.15, 0.2) is 4.99 Å². The first-order valence-electron chi connectivity index (χ1n) is 8.95. The number of hydrogen-bond acceptors (Lipinski definition) is 3. The Hall–Kier alpha value is -1.46. The van der Waals surface area contributed by atoms with Crippen molar-refractivity contribution in [2.75, 3.05) is 33.3 Å². The van der Waals surface area contributed by atoms with Crippen LogP contribution in [0.4, 0.5) is 4.79 Å². The van der Waals surface area contributed by atoms with E-state index in [-0.39, 0.29) is 6.09 Å². The lowest BCUT2D eigenvalue weighted by molar-refractivity contribution is 0.0963. The van der Waals surface area contributed by atoms with E-state index < -0.39 is 0 Å². The highest BCUT2D eigenvalue weighted by Gasteiger charge is 2.23. The van der Waals surface area contributed by atoms with Gasteiger partial charge in [-0.05, 0) is 32.1 Å². The van der Waals surface area contributed by atoms with Crippen LogP contribution in [0.3, 0.4) is 0 Å². The Bertz CT molecular complexity index is 364. The highest BCUT2D eigenvalue weighted by Crippen LogP contribution is 2.11. The van der Waals surface area contributed by atoms with Gasteiger partial charge in [0, 0.05) is 32.7 Å². The number of nitrogens with zero attached hydrogens (tertiary/aromatic N) is 2. The molecule has 2 N–H and O–H groups in total. The second-order valence-corrected chi connectivity index (χ2v) is 6.49. The van der Waals surface area contributed by atoms with E-state index >= 15 is 0 Å². The highest BCUT2D eigenvalue weighted by atomic mass is 16.6. The number of aliphatic imine (C=N–C) groups is 1. The standard InChI is InChI=1S/C17H34N4O2/c1-5-23-17(22)21-12-9-15(10-13-21)20-16(18-4)19-11-7-6-8-14(2)3/h14-15H,5-13H2,1-4H3,(H2,18,19,20). The summed E-state index contributed by atoms with van der Waals surface area (Å²) in [5.41, 5.74) is 0. The van der Waals surface area contributed by atoms with Crippen LogP contribution in [0.2, 0.25) is 0 Å². The number of amides is 1. The number of carbonyl (C=O) groups excluding carboxylic acids is 1. The molecule has 0 aromatic carbocycles. The van der Waals surface area contributed by atoms with E-state index in [4.69, 9.17) is 4.74 Å². The molecule has 0 atom stereocenters.